The number of nitrogen functional groups attached to an aromatic ring is 2. The lowest BCUT2D eigenvalue weighted by Crippen LogP contribution is -2.36. The van der Waals surface area contributed by atoms with Crippen LogP contribution in [0.4, 0.5) is 11.4 Å². The molecule has 2 rings (SSSR count). The summed E-state index contributed by atoms with van der Waals surface area (Å²) in [5, 5.41) is 0. The topological polar surface area (TPSA) is 104 Å². The summed E-state index contributed by atoms with van der Waals surface area (Å²) >= 11 is 0. The minimum atomic E-state index is -0.223. The molecule has 0 spiro atoms. The van der Waals surface area contributed by atoms with Gasteiger partial charge in [-0.25, -0.2) is 0 Å². The molecule has 8 N–H and O–H groups in total. The summed E-state index contributed by atoms with van der Waals surface area (Å²) in [6, 6.07) is 5.52. The van der Waals surface area contributed by atoms with Gasteiger partial charge in [0.15, 0.2) is 0 Å². The molecule has 0 bridgehead atoms. The molecule has 1 atom stereocenters. The Morgan fingerprint density at radius 3 is 2.00 bits per heavy atom. The highest BCUT2D eigenvalue weighted by Crippen LogP contribution is 2.16. The lowest BCUT2D eigenvalue weighted by atomic mass is 9.93. The third-order valence-corrected chi connectivity index (χ3v) is 2.79. The van der Waals surface area contributed by atoms with E-state index in [9.17, 15) is 0 Å². The van der Waals surface area contributed by atoms with Crippen LogP contribution in [0.5, 0.6) is 0 Å². The standard InChI is InChI=1S/C7H12N2.C7H10N2/c1-7(9)4-2-3-6(8)5-7;1-5-6(8)3-2-4-7(5)9/h2-4H,5,8-9H2,1H3;2-4H,8-9H2,1H3. The lowest BCUT2D eigenvalue weighted by molar-refractivity contribution is 0.569. The summed E-state index contributed by atoms with van der Waals surface area (Å²) in [4.78, 5) is 0. The van der Waals surface area contributed by atoms with Crippen molar-refractivity contribution in [1.29, 1.82) is 0 Å². The minimum Gasteiger partial charge on any atom is -0.402 e. The number of rotatable bonds is 0. The van der Waals surface area contributed by atoms with Crippen molar-refractivity contribution in [3.8, 4) is 0 Å². The van der Waals surface area contributed by atoms with Gasteiger partial charge in [0.2, 0.25) is 0 Å². The van der Waals surface area contributed by atoms with Gasteiger partial charge in [0.25, 0.3) is 0 Å². The fourth-order valence-electron chi connectivity index (χ4n) is 1.62. The monoisotopic (exact) mass is 246 g/mol. The van der Waals surface area contributed by atoms with E-state index >= 15 is 0 Å². The van der Waals surface area contributed by atoms with Gasteiger partial charge in [0.1, 0.15) is 0 Å². The summed E-state index contributed by atoms with van der Waals surface area (Å²) in [6.07, 6.45) is 6.51. The van der Waals surface area contributed by atoms with Crippen molar-refractivity contribution in [1.82, 2.24) is 0 Å². The fourth-order valence-corrected chi connectivity index (χ4v) is 1.62. The van der Waals surface area contributed by atoms with Crippen LogP contribution in [-0.4, -0.2) is 5.54 Å². The van der Waals surface area contributed by atoms with E-state index in [1.165, 1.54) is 0 Å². The first-order valence-electron chi connectivity index (χ1n) is 5.85. The van der Waals surface area contributed by atoms with Crippen molar-refractivity contribution in [2.24, 2.45) is 11.5 Å². The first-order valence-corrected chi connectivity index (χ1v) is 5.85. The van der Waals surface area contributed by atoms with Gasteiger partial charge in [-0.1, -0.05) is 18.2 Å². The number of anilines is 2. The van der Waals surface area contributed by atoms with Gasteiger partial charge < -0.3 is 22.9 Å². The van der Waals surface area contributed by atoms with Gasteiger partial charge in [-0.15, -0.1) is 0 Å². The summed E-state index contributed by atoms with van der Waals surface area (Å²) in [6.45, 7) is 3.87. The molecule has 1 aliphatic rings. The molecule has 98 valence electrons. The first kappa shape index (κ1) is 14.1. The van der Waals surface area contributed by atoms with Crippen molar-refractivity contribution < 1.29 is 0 Å². The van der Waals surface area contributed by atoms with Gasteiger partial charge in [-0.2, -0.15) is 0 Å². The average molecular weight is 246 g/mol. The van der Waals surface area contributed by atoms with Gasteiger partial charge in [-0.3, -0.25) is 0 Å². The Morgan fingerprint density at radius 1 is 1.11 bits per heavy atom. The van der Waals surface area contributed by atoms with Gasteiger partial charge in [-0.05, 0) is 37.6 Å². The van der Waals surface area contributed by atoms with Crippen LogP contribution in [0.2, 0.25) is 0 Å². The SMILES string of the molecule is CC1(N)C=CC=C(N)C1.Cc1c(N)cccc1N. The van der Waals surface area contributed by atoms with Crippen LogP contribution in [0.25, 0.3) is 0 Å². The van der Waals surface area contributed by atoms with Crippen LogP contribution in [0.3, 0.4) is 0 Å². The van der Waals surface area contributed by atoms with Crippen LogP contribution >= 0.6 is 0 Å². The Morgan fingerprint density at radius 2 is 1.67 bits per heavy atom. The fraction of sp³-hybridized carbons (Fsp3) is 0.286. The van der Waals surface area contributed by atoms with E-state index < -0.39 is 0 Å². The summed E-state index contributed by atoms with van der Waals surface area (Å²) < 4.78 is 0. The second-order valence-corrected chi connectivity index (χ2v) is 4.84. The second-order valence-electron chi connectivity index (χ2n) is 4.84. The van der Waals surface area contributed by atoms with E-state index in [4.69, 9.17) is 22.9 Å². The number of hydrogen-bond donors (Lipinski definition) is 4. The first-order chi connectivity index (χ1) is 8.32. The highest BCUT2D eigenvalue weighted by atomic mass is 14.7. The molecule has 1 unspecified atom stereocenters. The highest BCUT2D eigenvalue weighted by Gasteiger charge is 2.16. The van der Waals surface area contributed by atoms with Crippen molar-refractivity contribution in [2.45, 2.75) is 25.8 Å². The zero-order valence-corrected chi connectivity index (χ0v) is 11.0. The van der Waals surface area contributed by atoms with Crippen LogP contribution in [-0.2, 0) is 0 Å². The van der Waals surface area contributed by atoms with E-state index in [1.54, 1.807) is 0 Å². The predicted octanol–water partition coefficient (Wildman–Crippen LogP) is 1.67. The minimum absolute atomic E-state index is 0.223. The van der Waals surface area contributed by atoms with Crippen LogP contribution in [0.1, 0.15) is 18.9 Å². The van der Waals surface area contributed by atoms with Crippen LogP contribution in [0.15, 0.2) is 42.1 Å². The van der Waals surface area contributed by atoms with Crippen LogP contribution in [0, 0.1) is 6.92 Å². The summed E-state index contributed by atoms with van der Waals surface area (Å²) in [7, 11) is 0. The Balaban J connectivity index is 0.000000180. The van der Waals surface area contributed by atoms with E-state index in [0.29, 0.717) is 0 Å². The second kappa shape index (κ2) is 5.60. The smallest absolute Gasteiger partial charge is 0.0368 e. The van der Waals surface area contributed by atoms with E-state index in [0.717, 1.165) is 29.1 Å². The molecule has 0 fully saturated rings. The largest absolute Gasteiger partial charge is 0.402 e. The molecular formula is C14H22N4. The molecule has 4 heteroatoms. The Labute approximate surface area is 108 Å². The average Bonchev–Trinajstić information content (AvgIpc) is 2.25. The predicted molar refractivity (Wildman–Crippen MR) is 78.6 cm³/mol. The number of allylic oxidation sites excluding steroid dienone is 2. The van der Waals surface area contributed by atoms with E-state index in [2.05, 4.69) is 0 Å². The van der Waals surface area contributed by atoms with Crippen molar-refractivity contribution >= 4 is 11.4 Å². The van der Waals surface area contributed by atoms with Crippen molar-refractivity contribution in [2.75, 3.05) is 11.5 Å². The third kappa shape index (κ3) is 4.14. The molecule has 1 aliphatic carbocycles. The molecular weight excluding hydrogens is 224 g/mol. The molecule has 0 aromatic heterocycles. The Kier molecular flexibility index (Phi) is 4.39. The maximum absolute atomic E-state index is 5.76. The molecule has 0 radical (unpaired) electrons. The van der Waals surface area contributed by atoms with Gasteiger partial charge in [0, 0.05) is 29.0 Å². The number of hydrogen-bond acceptors (Lipinski definition) is 4. The zero-order valence-electron chi connectivity index (χ0n) is 11.0. The normalized spacial score (nSPS) is 21.8. The molecule has 0 amide bonds. The van der Waals surface area contributed by atoms with E-state index in [1.807, 2.05) is 50.3 Å². The van der Waals surface area contributed by atoms with Gasteiger partial charge >= 0.3 is 0 Å². The van der Waals surface area contributed by atoms with E-state index in [-0.39, 0.29) is 5.54 Å². The zero-order chi connectivity index (χ0) is 13.8. The Hall–Kier alpha value is -1.94. The maximum Gasteiger partial charge on any atom is 0.0368 e. The molecule has 0 aliphatic heterocycles. The van der Waals surface area contributed by atoms with Gasteiger partial charge in [0.05, 0.1) is 0 Å². The lowest BCUT2D eigenvalue weighted by Gasteiger charge is -2.22. The van der Waals surface area contributed by atoms with Crippen LogP contribution < -0.4 is 22.9 Å². The number of benzene rings is 1. The number of nitrogens with two attached hydrogens (primary N) is 4. The molecule has 0 saturated carbocycles. The molecule has 4 nitrogen and oxygen atoms in total. The quantitative estimate of drug-likeness (QED) is 0.523. The summed E-state index contributed by atoms with van der Waals surface area (Å²) in [5.74, 6) is 0. The molecule has 0 heterocycles. The molecule has 1 aromatic rings. The molecule has 0 saturated heterocycles. The van der Waals surface area contributed by atoms with Crippen molar-refractivity contribution in [3.63, 3.8) is 0 Å². The van der Waals surface area contributed by atoms with Crippen molar-refractivity contribution in [3.05, 3.63) is 47.7 Å². The Bertz CT molecular complexity index is 452. The molecule has 18 heavy (non-hydrogen) atoms. The summed E-state index contributed by atoms with van der Waals surface area (Å²) in [5.41, 5.74) is 25.5. The highest BCUT2D eigenvalue weighted by molar-refractivity contribution is 5.60. The molecule has 1 aromatic carbocycles. The third-order valence-electron chi connectivity index (χ3n) is 2.79. The maximum atomic E-state index is 5.76.